The summed E-state index contributed by atoms with van der Waals surface area (Å²) in [5.41, 5.74) is 4.82. The standard InChI is InChI=1S/C21H21ClN2O4/c1-4-27-18-12-14(11-17(22)19(18)28-5-2)10-16-20(25)23-24(21(16)26)15-8-6-13(3)7-9-15/h6-12H,4-5H2,1-3H3,(H,23,25). The minimum absolute atomic E-state index is 0.0169. The van der Waals surface area contributed by atoms with E-state index in [1.54, 1.807) is 24.3 Å². The van der Waals surface area contributed by atoms with Crippen molar-refractivity contribution >= 4 is 35.2 Å². The first-order valence-electron chi connectivity index (χ1n) is 8.97. The topological polar surface area (TPSA) is 67.9 Å². The second-order valence-electron chi connectivity index (χ2n) is 6.17. The van der Waals surface area contributed by atoms with Gasteiger partial charge in [0.2, 0.25) is 0 Å². The third-order valence-electron chi connectivity index (χ3n) is 4.12. The van der Waals surface area contributed by atoms with Crippen molar-refractivity contribution in [3.05, 3.63) is 58.1 Å². The Bertz CT molecular complexity index is 938. The molecule has 1 heterocycles. The van der Waals surface area contributed by atoms with Gasteiger partial charge in [-0.25, -0.2) is 5.01 Å². The second-order valence-corrected chi connectivity index (χ2v) is 6.58. The van der Waals surface area contributed by atoms with Gasteiger partial charge in [-0.3, -0.25) is 15.0 Å². The zero-order chi connectivity index (χ0) is 20.3. The van der Waals surface area contributed by atoms with Crippen LogP contribution in [0.3, 0.4) is 0 Å². The van der Waals surface area contributed by atoms with Crippen molar-refractivity contribution in [1.29, 1.82) is 0 Å². The fourth-order valence-corrected chi connectivity index (χ4v) is 3.09. The van der Waals surface area contributed by atoms with Gasteiger partial charge in [-0.1, -0.05) is 29.3 Å². The van der Waals surface area contributed by atoms with Gasteiger partial charge in [0.1, 0.15) is 5.57 Å². The van der Waals surface area contributed by atoms with E-state index in [4.69, 9.17) is 21.1 Å². The Hall–Kier alpha value is -2.99. The number of rotatable bonds is 6. The Balaban J connectivity index is 1.95. The van der Waals surface area contributed by atoms with Crippen molar-refractivity contribution in [3.8, 4) is 11.5 Å². The lowest BCUT2D eigenvalue weighted by atomic mass is 10.1. The molecular weight excluding hydrogens is 380 g/mol. The summed E-state index contributed by atoms with van der Waals surface area (Å²) >= 11 is 6.32. The highest BCUT2D eigenvalue weighted by Crippen LogP contribution is 2.37. The molecule has 28 heavy (non-hydrogen) atoms. The van der Waals surface area contributed by atoms with Crippen LogP contribution >= 0.6 is 11.6 Å². The van der Waals surface area contributed by atoms with Crippen LogP contribution in [0.5, 0.6) is 11.5 Å². The van der Waals surface area contributed by atoms with Crippen molar-refractivity contribution in [2.75, 3.05) is 18.2 Å². The molecule has 0 aliphatic carbocycles. The highest BCUT2D eigenvalue weighted by molar-refractivity contribution is 6.33. The Morgan fingerprint density at radius 3 is 2.39 bits per heavy atom. The number of ether oxygens (including phenoxy) is 2. The molecule has 1 aliphatic heterocycles. The van der Waals surface area contributed by atoms with Crippen LogP contribution in [0.4, 0.5) is 5.69 Å². The summed E-state index contributed by atoms with van der Waals surface area (Å²) in [6, 6.07) is 10.6. The Kier molecular flexibility index (Phi) is 5.90. The lowest BCUT2D eigenvalue weighted by Crippen LogP contribution is -2.35. The predicted molar refractivity (Wildman–Crippen MR) is 109 cm³/mol. The van der Waals surface area contributed by atoms with Crippen LogP contribution in [0.15, 0.2) is 42.0 Å². The number of benzene rings is 2. The van der Waals surface area contributed by atoms with Gasteiger partial charge in [0.05, 0.1) is 23.9 Å². The molecule has 6 nitrogen and oxygen atoms in total. The Morgan fingerprint density at radius 2 is 1.75 bits per heavy atom. The molecule has 0 aromatic heterocycles. The monoisotopic (exact) mass is 400 g/mol. The van der Waals surface area contributed by atoms with Crippen LogP contribution < -0.4 is 19.9 Å². The maximum absolute atomic E-state index is 12.8. The minimum Gasteiger partial charge on any atom is -0.490 e. The van der Waals surface area contributed by atoms with Crippen LogP contribution in [-0.2, 0) is 9.59 Å². The number of hydrogen-bond acceptors (Lipinski definition) is 4. The number of hydrogen-bond donors (Lipinski definition) is 1. The van der Waals surface area contributed by atoms with E-state index >= 15 is 0 Å². The summed E-state index contributed by atoms with van der Waals surface area (Å²) in [6.07, 6.45) is 1.50. The van der Waals surface area contributed by atoms with Crippen molar-refractivity contribution in [3.63, 3.8) is 0 Å². The highest BCUT2D eigenvalue weighted by atomic mass is 35.5. The number of nitrogens with one attached hydrogen (secondary N) is 1. The molecule has 146 valence electrons. The highest BCUT2D eigenvalue weighted by Gasteiger charge is 2.34. The average molecular weight is 401 g/mol. The van der Waals surface area contributed by atoms with E-state index in [1.807, 2.05) is 32.9 Å². The molecule has 1 N–H and O–H groups in total. The smallest absolute Gasteiger partial charge is 0.282 e. The van der Waals surface area contributed by atoms with E-state index in [-0.39, 0.29) is 5.57 Å². The van der Waals surface area contributed by atoms with Gasteiger partial charge >= 0.3 is 0 Å². The maximum Gasteiger partial charge on any atom is 0.282 e. The van der Waals surface area contributed by atoms with Crippen molar-refractivity contribution in [1.82, 2.24) is 5.43 Å². The minimum atomic E-state index is -0.478. The summed E-state index contributed by atoms with van der Waals surface area (Å²) in [7, 11) is 0. The van der Waals surface area contributed by atoms with Gasteiger partial charge < -0.3 is 9.47 Å². The van der Waals surface area contributed by atoms with Crippen molar-refractivity contribution in [2.45, 2.75) is 20.8 Å². The average Bonchev–Trinajstić information content (AvgIpc) is 2.94. The number of aryl methyl sites for hydroxylation is 1. The summed E-state index contributed by atoms with van der Waals surface area (Å²) < 4.78 is 11.1. The van der Waals surface area contributed by atoms with Crippen LogP contribution in [0.25, 0.3) is 6.08 Å². The second kappa shape index (κ2) is 8.35. The van der Waals surface area contributed by atoms with Gasteiger partial charge in [-0.2, -0.15) is 0 Å². The number of nitrogens with zero attached hydrogens (tertiary/aromatic N) is 1. The van der Waals surface area contributed by atoms with E-state index in [2.05, 4.69) is 5.43 Å². The normalized spacial score (nSPS) is 15.1. The Labute approximate surface area is 168 Å². The van der Waals surface area contributed by atoms with Gasteiger partial charge in [0.15, 0.2) is 11.5 Å². The summed E-state index contributed by atoms with van der Waals surface area (Å²) in [5, 5.41) is 1.58. The molecule has 1 aliphatic rings. The maximum atomic E-state index is 12.8. The van der Waals surface area contributed by atoms with Gasteiger partial charge in [-0.05, 0) is 56.7 Å². The molecule has 3 rings (SSSR count). The molecule has 0 radical (unpaired) electrons. The largest absolute Gasteiger partial charge is 0.490 e. The molecule has 2 aromatic rings. The summed E-state index contributed by atoms with van der Waals surface area (Å²) in [5.74, 6) is -0.00745. The number of carbonyl (C=O) groups is 2. The van der Waals surface area contributed by atoms with Crippen molar-refractivity contribution in [2.24, 2.45) is 0 Å². The Morgan fingerprint density at radius 1 is 1.07 bits per heavy atom. The predicted octanol–water partition coefficient (Wildman–Crippen LogP) is 3.91. The van der Waals surface area contributed by atoms with Crippen LogP contribution in [-0.4, -0.2) is 25.0 Å². The molecule has 1 fully saturated rings. The SMILES string of the molecule is CCOc1cc(C=C2C(=O)NN(c3ccc(C)cc3)C2=O)cc(Cl)c1OCC. The molecule has 0 bridgehead atoms. The lowest BCUT2D eigenvalue weighted by molar-refractivity contribution is -0.117. The number of amides is 2. The number of halogens is 1. The summed E-state index contributed by atoms with van der Waals surface area (Å²) in [4.78, 5) is 25.1. The van der Waals surface area contributed by atoms with E-state index in [0.717, 1.165) is 5.56 Å². The van der Waals surface area contributed by atoms with Gasteiger partial charge in [0.25, 0.3) is 11.8 Å². The van der Waals surface area contributed by atoms with Crippen LogP contribution in [0.2, 0.25) is 5.02 Å². The number of hydrazine groups is 1. The number of carbonyl (C=O) groups excluding carboxylic acids is 2. The third-order valence-corrected chi connectivity index (χ3v) is 4.40. The molecule has 1 saturated heterocycles. The molecule has 2 amide bonds. The van der Waals surface area contributed by atoms with E-state index in [1.165, 1.54) is 11.1 Å². The van der Waals surface area contributed by atoms with E-state index in [0.29, 0.717) is 41.0 Å². The van der Waals surface area contributed by atoms with Crippen LogP contribution in [0.1, 0.15) is 25.0 Å². The fraction of sp³-hybridized carbons (Fsp3) is 0.238. The molecule has 0 unspecified atom stereocenters. The quantitative estimate of drug-likeness (QED) is 0.589. The van der Waals surface area contributed by atoms with Crippen molar-refractivity contribution < 1.29 is 19.1 Å². The molecular formula is C21H21ClN2O4. The molecule has 2 aromatic carbocycles. The molecule has 0 spiro atoms. The van der Waals surface area contributed by atoms with E-state index < -0.39 is 11.8 Å². The molecule has 7 heteroatoms. The summed E-state index contributed by atoms with van der Waals surface area (Å²) in [6.45, 7) is 6.51. The molecule has 0 atom stereocenters. The number of anilines is 1. The fourth-order valence-electron chi connectivity index (χ4n) is 2.82. The first-order valence-corrected chi connectivity index (χ1v) is 9.35. The molecule has 0 saturated carbocycles. The third kappa shape index (κ3) is 3.97. The first-order chi connectivity index (χ1) is 13.4. The first kappa shape index (κ1) is 19.8. The van der Waals surface area contributed by atoms with Crippen LogP contribution in [0, 0.1) is 6.92 Å². The lowest BCUT2D eigenvalue weighted by Gasteiger charge is -2.14. The zero-order valence-electron chi connectivity index (χ0n) is 15.9. The van der Waals surface area contributed by atoms with E-state index in [9.17, 15) is 9.59 Å². The van der Waals surface area contributed by atoms with Gasteiger partial charge in [0, 0.05) is 0 Å². The van der Waals surface area contributed by atoms with Gasteiger partial charge in [-0.15, -0.1) is 0 Å². The zero-order valence-corrected chi connectivity index (χ0v) is 16.7.